The number of likely N-dealkylation sites (tertiary alicyclic amines) is 1. The van der Waals surface area contributed by atoms with Gasteiger partial charge in [-0.1, -0.05) is 13.8 Å². The zero-order chi connectivity index (χ0) is 29.0. The number of aryl methyl sites for hydroxylation is 3. The van der Waals surface area contributed by atoms with Gasteiger partial charge in [-0.05, 0) is 87.0 Å². The summed E-state index contributed by atoms with van der Waals surface area (Å²) < 4.78 is 10.3. The Morgan fingerprint density at radius 3 is 2.79 bits per heavy atom. The summed E-state index contributed by atoms with van der Waals surface area (Å²) >= 11 is 0. The highest BCUT2D eigenvalue weighted by Gasteiger charge is 2.35. The Balaban J connectivity index is 1.24. The summed E-state index contributed by atoms with van der Waals surface area (Å²) in [5.74, 6) is 0.987. The molecular weight excluding hydrogens is 528 g/mol. The van der Waals surface area contributed by atoms with Crippen molar-refractivity contribution in [3.8, 4) is 16.9 Å². The van der Waals surface area contributed by atoms with Crippen molar-refractivity contribution in [3.63, 3.8) is 0 Å². The Morgan fingerprint density at radius 1 is 1.14 bits per heavy atom. The molecule has 4 heterocycles. The van der Waals surface area contributed by atoms with Gasteiger partial charge in [0, 0.05) is 60.3 Å². The van der Waals surface area contributed by atoms with Crippen LogP contribution in [-0.2, 0) is 37.8 Å². The minimum absolute atomic E-state index is 0.0154. The van der Waals surface area contributed by atoms with Crippen LogP contribution in [0.3, 0.4) is 0 Å². The van der Waals surface area contributed by atoms with E-state index in [1.165, 1.54) is 37.0 Å². The first-order valence-corrected chi connectivity index (χ1v) is 15.5. The maximum absolute atomic E-state index is 13.3. The molecule has 0 radical (unpaired) electrons. The van der Waals surface area contributed by atoms with E-state index in [1.807, 2.05) is 17.8 Å². The number of benzene rings is 2. The monoisotopic (exact) mass is 568 g/mol. The topological polar surface area (TPSA) is 93.4 Å². The number of carbonyl (C=O) groups excluding carboxylic acids is 2. The van der Waals surface area contributed by atoms with Crippen molar-refractivity contribution in [2.24, 2.45) is 13.0 Å². The molecule has 2 amide bonds. The largest absolute Gasteiger partial charge is 0.484 e. The molecule has 0 saturated carbocycles. The van der Waals surface area contributed by atoms with Gasteiger partial charge in [0.15, 0.2) is 6.61 Å². The fourth-order valence-corrected chi connectivity index (χ4v) is 7.28. The van der Waals surface area contributed by atoms with Crippen LogP contribution >= 0.6 is 0 Å². The summed E-state index contributed by atoms with van der Waals surface area (Å²) in [7, 11) is 1.95. The maximum Gasteiger partial charge on any atom is 0.257 e. The zero-order valence-corrected chi connectivity index (χ0v) is 24.9. The molecule has 2 aliphatic heterocycles. The second kappa shape index (κ2) is 10.8. The van der Waals surface area contributed by atoms with E-state index in [2.05, 4.69) is 52.3 Å². The van der Waals surface area contributed by atoms with Gasteiger partial charge in [-0.3, -0.25) is 14.3 Å². The number of nitrogens with zero attached hydrogens (tertiary/aromatic N) is 4. The summed E-state index contributed by atoms with van der Waals surface area (Å²) in [5, 5.41) is 13.0. The molecule has 0 unspecified atom stereocenters. The van der Waals surface area contributed by atoms with Crippen molar-refractivity contribution in [2.45, 2.75) is 59.0 Å². The first-order valence-electron chi connectivity index (χ1n) is 15.5. The molecule has 0 bridgehead atoms. The average molecular weight is 569 g/mol. The Morgan fingerprint density at radius 2 is 1.98 bits per heavy atom. The van der Waals surface area contributed by atoms with Gasteiger partial charge in [0.25, 0.3) is 11.8 Å². The molecule has 9 heteroatoms. The van der Waals surface area contributed by atoms with E-state index in [1.54, 1.807) is 0 Å². The minimum atomic E-state index is -0.101. The molecule has 3 aliphatic rings. The number of amides is 2. The van der Waals surface area contributed by atoms with Gasteiger partial charge in [0.1, 0.15) is 5.75 Å². The highest BCUT2D eigenvalue weighted by molar-refractivity contribution is 6.19. The van der Waals surface area contributed by atoms with Crippen molar-refractivity contribution < 1.29 is 14.3 Å². The van der Waals surface area contributed by atoms with Gasteiger partial charge in [0.05, 0.1) is 16.8 Å². The predicted octanol–water partition coefficient (Wildman–Crippen LogP) is 4.17. The van der Waals surface area contributed by atoms with Crippen LogP contribution in [0.25, 0.3) is 32.9 Å². The van der Waals surface area contributed by atoms with E-state index in [0.717, 1.165) is 76.6 Å². The Bertz CT molecular complexity index is 1710. The van der Waals surface area contributed by atoms with Crippen LogP contribution in [-0.4, -0.2) is 63.8 Å². The lowest BCUT2D eigenvalue weighted by Crippen LogP contribution is -2.32. The summed E-state index contributed by atoms with van der Waals surface area (Å²) in [5.41, 5.74) is 8.59. The third-order valence-corrected chi connectivity index (χ3v) is 9.00. The highest BCUT2D eigenvalue weighted by Crippen LogP contribution is 2.47. The SMILES string of the molecule is CC(C)Cn1c2ccc(OCC(=O)NCCCN3CCCC3)cc2c2c3c(c4c(c21)CCc1nn(C)cc1-4)C(=O)NC3. The lowest BCUT2D eigenvalue weighted by Gasteiger charge is -2.22. The lowest BCUT2D eigenvalue weighted by atomic mass is 9.82. The van der Waals surface area contributed by atoms with Gasteiger partial charge in [-0.2, -0.15) is 5.10 Å². The first kappa shape index (κ1) is 27.0. The normalized spacial score (nSPS) is 16.2. The number of hydrogen-bond donors (Lipinski definition) is 2. The van der Waals surface area contributed by atoms with Crippen LogP contribution in [0.5, 0.6) is 5.75 Å². The van der Waals surface area contributed by atoms with Gasteiger partial charge >= 0.3 is 0 Å². The lowest BCUT2D eigenvalue weighted by molar-refractivity contribution is -0.123. The summed E-state index contributed by atoms with van der Waals surface area (Å²) in [4.78, 5) is 28.3. The molecule has 1 saturated heterocycles. The van der Waals surface area contributed by atoms with Gasteiger partial charge in [-0.25, -0.2) is 0 Å². The van der Waals surface area contributed by atoms with Crippen molar-refractivity contribution in [2.75, 3.05) is 32.8 Å². The molecule has 0 atom stereocenters. The third-order valence-electron chi connectivity index (χ3n) is 9.00. The smallest absolute Gasteiger partial charge is 0.257 e. The number of rotatable bonds is 9. The van der Waals surface area contributed by atoms with Crippen LogP contribution < -0.4 is 15.4 Å². The number of ether oxygens (including phenoxy) is 1. The van der Waals surface area contributed by atoms with Gasteiger partial charge in [-0.15, -0.1) is 0 Å². The second-order valence-electron chi connectivity index (χ2n) is 12.5. The number of nitrogens with one attached hydrogen (secondary N) is 2. The molecule has 0 spiro atoms. The van der Waals surface area contributed by atoms with Gasteiger partial charge in [0.2, 0.25) is 0 Å². The molecule has 2 N–H and O–H groups in total. The molecular formula is C33H40N6O3. The standard InChI is InChI=1S/C33H40N6O3/c1-20(2)17-39-27-10-7-21(42-19-28(40)34-11-6-14-38-12-4-5-13-38)15-23(27)30-24-16-35-33(41)31(24)29-22(32(30)39)8-9-26-25(29)18-37(3)36-26/h7,10,15,18,20H,4-6,8-9,11-14,16-17,19H2,1-3H3,(H,34,40)(H,35,41). The molecule has 9 nitrogen and oxygen atoms in total. The van der Waals surface area contributed by atoms with E-state index in [4.69, 9.17) is 9.84 Å². The number of fused-ring (bicyclic) bond motifs is 10. The van der Waals surface area contributed by atoms with E-state index >= 15 is 0 Å². The number of hydrogen-bond acceptors (Lipinski definition) is 5. The minimum Gasteiger partial charge on any atom is -0.484 e. The Kier molecular flexibility index (Phi) is 6.92. The van der Waals surface area contributed by atoms with E-state index in [-0.39, 0.29) is 18.4 Å². The van der Waals surface area contributed by atoms with Crippen LogP contribution in [0, 0.1) is 5.92 Å². The van der Waals surface area contributed by atoms with Crippen LogP contribution in [0.4, 0.5) is 0 Å². The molecule has 1 aliphatic carbocycles. The van der Waals surface area contributed by atoms with E-state index in [9.17, 15) is 9.59 Å². The first-order chi connectivity index (χ1) is 20.4. The maximum atomic E-state index is 13.3. The van der Waals surface area contributed by atoms with Crippen LogP contribution in [0.1, 0.15) is 60.3 Å². The molecule has 1 fully saturated rings. The summed E-state index contributed by atoms with van der Waals surface area (Å²) in [6.45, 7) is 9.87. The molecule has 2 aromatic carbocycles. The highest BCUT2D eigenvalue weighted by atomic mass is 16.5. The fraction of sp³-hybridized carbons (Fsp3) is 0.485. The van der Waals surface area contributed by atoms with Crippen molar-refractivity contribution in [1.29, 1.82) is 0 Å². The van der Waals surface area contributed by atoms with Crippen LogP contribution in [0.15, 0.2) is 24.4 Å². The Hall–Kier alpha value is -3.85. The van der Waals surface area contributed by atoms with E-state index in [0.29, 0.717) is 24.8 Å². The molecule has 220 valence electrons. The Labute approximate surface area is 246 Å². The molecule has 2 aromatic heterocycles. The predicted molar refractivity (Wildman–Crippen MR) is 164 cm³/mol. The number of aromatic nitrogens is 3. The van der Waals surface area contributed by atoms with E-state index < -0.39 is 0 Å². The summed E-state index contributed by atoms with van der Waals surface area (Å²) in [6, 6.07) is 6.14. The number of carbonyl (C=O) groups is 2. The third kappa shape index (κ3) is 4.64. The van der Waals surface area contributed by atoms with Crippen LogP contribution in [0.2, 0.25) is 0 Å². The van der Waals surface area contributed by atoms with Crippen molar-refractivity contribution in [3.05, 3.63) is 46.8 Å². The fourth-order valence-electron chi connectivity index (χ4n) is 7.28. The average Bonchev–Trinajstić information content (AvgIpc) is 3.76. The quantitative estimate of drug-likeness (QED) is 0.296. The molecule has 42 heavy (non-hydrogen) atoms. The van der Waals surface area contributed by atoms with Crippen molar-refractivity contribution >= 4 is 33.6 Å². The van der Waals surface area contributed by atoms with Gasteiger partial charge < -0.3 is 24.8 Å². The zero-order valence-electron chi connectivity index (χ0n) is 24.9. The van der Waals surface area contributed by atoms with Crippen molar-refractivity contribution in [1.82, 2.24) is 29.9 Å². The molecule has 7 rings (SSSR count). The molecule has 4 aromatic rings. The second-order valence-corrected chi connectivity index (χ2v) is 12.5. The summed E-state index contributed by atoms with van der Waals surface area (Å²) in [6.07, 6.45) is 7.27.